The van der Waals surface area contributed by atoms with Crippen LogP contribution in [-0.2, 0) is 13.0 Å². The Labute approximate surface area is 146 Å². The van der Waals surface area contributed by atoms with Gasteiger partial charge in [-0.3, -0.25) is 14.8 Å². The van der Waals surface area contributed by atoms with Crippen molar-refractivity contribution < 1.29 is 9.32 Å². The summed E-state index contributed by atoms with van der Waals surface area (Å²) in [5.41, 5.74) is 3.52. The molecule has 1 amide bonds. The van der Waals surface area contributed by atoms with Crippen molar-refractivity contribution in [1.29, 1.82) is 0 Å². The third kappa shape index (κ3) is 4.50. The minimum atomic E-state index is -0.312. The van der Waals surface area contributed by atoms with Crippen LogP contribution in [0.2, 0.25) is 0 Å². The van der Waals surface area contributed by atoms with Crippen molar-refractivity contribution >= 4 is 5.91 Å². The molecule has 0 bridgehead atoms. The molecule has 0 radical (unpaired) electrons. The number of rotatable bonds is 6. The lowest BCUT2D eigenvalue weighted by molar-refractivity contribution is 0.0913. The van der Waals surface area contributed by atoms with Crippen molar-refractivity contribution in [3.05, 3.63) is 77.2 Å². The molecule has 1 N–H and O–H groups in total. The molecule has 0 unspecified atom stereocenters. The fourth-order valence-electron chi connectivity index (χ4n) is 2.50. The first-order valence-electron chi connectivity index (χ1n) is 8.18. The van der Waals surface area contributed by atoms with E-state index >= 15 is 0 Å². The van der Waals surface area contributed by atoms with Crippen molar-refractivity contribution in [2.24, 2.45) is 0 Å². The number of amides is 1. The van der Waals surface area contributed by atoms with E-state index < -0.39 is 0 Å². The summed E-state index contributed by atoms with van der Waals surface area (Å²) in [4.78, 5) is 20.5. The molecule has 0 spiro atoms. The number of hydrogen-bond acceptors (Lipinski definition) is 5. The Hall–Kier alpha value is -3.02. The van der Waals surface area contributed by atoms with Crippen molar-refractivity contribution in [2.45, 2.75) is 32.7 Å². The summed E-state index contributed by atoms with van der Waals surface area (Å²) in [6.45, 7) is 4.28. The topological polar surface area (TPSA) is 80.9 Å². The van der Waals surface area contributed by atoms with Gasteiger partial charge in [-0.05, 0) is 24.8 Å². The molecule has 0 aliphatic rings. The molecule has 6 nitrogen and oxygen atoms in total. The molecule has 2 aromatic heterocycles. The fourth-order valence-corrected chi connectivity index (χ4v) is 2.50. The highest BCUT2D eigenvalue weighted by molar-refractivity contribution is 5.91. The van der Waals surface area contributed by atoms with Crippen LogP contribution in [0.3, 0.4) is 0 Å². The molecule has 128 valence electrons. The number of nitrogens with zero attached hydrogens (tertiary/aromatic N) is 3. The molecule has 3 rings (SSSR count). The summed E-state index contributed by atoms with van der Waals surface area (Å²) in [5.74, 6) is 0.189. The van der Waals surface area contributed by atoms with Gasteiger partial charge < -0.3 is 9.84 Å². The molecule has 0 fully saturated rings. The number of carbonyl (C=O) groups excluding carboxylic acids is 1. The predicted octanol–water partition coefficient (Wildman–Crippen LogP) is 3.05. The first-order chi connectivity index (χ1) is 12.1. The summed E-state index contributed by atoms with van der Waals surface area (Å²) < 4.78 is 5.17. The van der Waals surface area contributed by atoms with E-state index in [0.717, 1.165) is 11.4 Å². The smallest absolute Gasteiger partial charge is 0.290 e. The van der Waals surface area contributed by atoms with Gasteiger partial charge in [0.2, 0.25) is 5.76 Å². The molecule has 25 heavy (non-hydrogen) atoms. The van der Waals surface area contributed by atoms with Crippen LogP contribution in [0.4, 0.5) is 0 Å². The molecule has 1 atom stereocenters. The first-order valence-corrected chi connectivity index (χ1v) is 8.18. The fraction of sp³-hybridized carbons (Fsp3) is 0.263. The van der Waals surface area contributed by atoms with Gasteiger partial charge in [0, 0.05) is 12.3 Å². The van der Waals surface area contributed by atoms with E-state index in [1.165, 1.54) is 5.56 Å². The number of benzene rings is 1. The van der Waals surface area contributed by atoms with Crippen molar-refractivity contribution in [1.82, 2.24) is 20.4 Å². The Balaban J connectivity index is 1.57. The predicted molar refractivity (Wildman–Crippen MR) is 93.0 cm³/mol. The summed E-state index contributed by atoms with van der Waals surface area (Å²) in [7, 11) is 0. The Morgan fingerprint density at radius 2 is 1.96 bits per heavy atom. The zero-order chi connectivity index (χ0) is 17.6. The molecule has 0 saturated carbocycles. The molecule has 0 saturated heterocycles. The van der Waals surface area contributed by atoms with Gasteiger partial charge in [0.15, 0.2) is 0 Å². The molecule has 3 aromatic rings. The molecule has 6 heteroatoms. The SMILES string of the molecule is Cc1cnc(CNC(=O)c2cc(C[C@H](C)c3ccccc3)no2)cn1. The Morgan fingerprint density at radius 3 is 2.68 bits per heavy atom. The largest absolute Gasteiger partial charge is 0.351 e. The maximum Gasteiger partial charge on any atom is 0.290 e. The van der Waals surface area contributed by atoms with E-state index in [4.69, 9.17) is 4.52 Å². The van der Waals surface area contributed by atoms with Gasteiger partial charge in [-0.2, -0.15) is 0 Å². The van der Waals surface area contributed by atoms with Crippen LogP contribution in [0.1, 0.15) is 46.0 Å². The van der Waals surface area contributed by atoms with Gasteiger partial charge in [-0.25, -0.2) is 0 Å². The Morgan fingerprint density at radius 1 is 1.16 bits per heavy atom. The number of nitrogens with one attached hydrogen (secondary N) is 1. The number of aromatic nitrogens is 3. The van der Waals surface area contributed by atoms with E-state index in [1.807, 2.05) is 25.1 Å². The molecule has 2 heterocycles. The van der Waals surface area contributed by atoms with Crippen LogP contribution in [0, 0.1) is 6.92 Å². The monoisotopic (exact) mass is 336 g/mol. The minimum Gasteiger partial charge on any atom is -0.351 e. The molecule has 0 aliphatic carbocycles. The number of carbonyl (C=O) groups is 1. The van der Waals surface area contributed by atoms with Gasteiger partial charge >= 0.3 is 0 Å². The summed E-state index contributed by atoms with van der Waals surface area (Å²) in [5, 5.41) is 6.76. The summed E-state index contributed by atoms with van der Waals surface area (Å²) in [6, 6.07) is 11.9. The Bertz CT molecular complexity index is 828. The quantitative estimate of drug-likeness (QED) is 0.748. The van der Waals surface area contributed by atoms with Crippen LogP contribution in [0.15, 0.2) is 53.3 Å². The van der Waals surface area contributed by atoms with Crippen LogP contribution in [-0.4, -0.2) is 21.0 Å². The van der Waals surface area contributed by atoms with Crippen LogP contribution < -0.4 is 5.32 Å². The van der Waals surface area contributed by atoms with E-state index in [1.54, 1.807) is 18.5 Å². The average Bonchev–Trinajstić information content (AvgIpc) is 3.10. The maximum absolute atomic E-state index is 12.2. The number of aryl methyl sites for hydroxylation is 1. The summed E-state index contributed by atoms with van der Waals surface area (Å²) in [6.07, 6.45) is 4.02. The van der Waals surface area contributed by atoms with Crippen LogP contribution in [0.5, 0.6) is 0 Å². The van der Waals surface area contributed by atoms with Gasteiger partial charge in [-0.15, -0.1) is 0 Å². The second kappa shape index (κ2) is 7.70. The third-order valence-electron chi connectivity index (χ3n) is 3.93. The van der Waals surface area contributed by atoms with Crippen LogP contribution >= 0.6 is 0 Å². The van der Waals surface area contributed by atoms with E-state index in [9.17, 15) is 4.79 Å². The van der Waals surface area contributed by atoms with Gasteiger partial charge in [0.1, 0.15) is 0 Å². The molecule has 0 aliphatic heterocycles. The lowest BCUT2D eigenvalue weighted by Crippen LogP contribution is -2.23. The van der Waals surface area contributed by atoms with Gasteiger partial charge in [0.05, 0.1) is 29.8 Å². The lowest BCUT2D eigenvalue weighted by atomic mass is 9.96. The van der Waals surface area contributed by atoms with Gasteiger partial charge in [0.25, 0.3) is 5.91 Å². The maximum atomic E-state index is 12.2. The zero-order valence-corrected chi connectivity index (χ0v) is 14.3. The van der Waals surface area contributed by atoms with E-state index in [-0.39, 0.29) is 11.7 Å². The molecular formula is C19H20N4O2. The molecular weight excluding hydrogens is 316 g/mol. The molecule has 1 aromatic carbocycles. The van der Waals surface area contributed by atoms with Crippen molar-refractivity contribution in [2.75, 3.05) is 0 Å². The second-order valence-corrected chi connectivity index (χ2v) is 6.03. The first kappa shape index (κ1) is 16.8. The highest BCUT2D eigenvalue weighted by atomic mass is 16.5. The minimum absolute atomic E-state index is 0.204. The van der Waals surface area contributed by atoms with E-state index in [2.05, 4.69) is 39.5 Å². The normalized spacial score (nSPS) is 11.9. The van der Waals surface area contributed by atoms with Gasteiger partial charge in [-0.1, -0.05) is 42.4 Å². The summed E-state index contributed by atoms with van der Waals surface area (Å²) >= 11 is 0. The van der Waals surface area contributed by atoms with Crippen molar-refractivity contribution in [3.8, 4) is 0 Å². The second-order valence-electron chi connectivity index (χ2n) is 6.03. The average molecular weight is 336 g/mol. The van der Waals surface area contributed by atoms with Crippen LogP contribution in [0.25, 0.3) is 0 Å². The Kier molecular flexibility index (Phi) is 5.18. The van der Waals surface area contributed by atoms with E-state index in [0.29, 0.717) is 24.6 Å². The standard InChI is InChI=1S/C19H20N4O2/c1-13(15-6-4-3-5-7-15)8-16-9-18(25-23-16)19(24)22-12-17-11-20-14(2)10-21-17/h3-7,9-11,13H,8,12H2,1-2H3,(H,22,24)/t13-/m0/s1. The zero-order valence-electron chi connectivity index (χ0n) is 14.3. The third-order valence-corrected chi connectivity index (χ3v) is 3.93. The highest BCUT2D eigenvalue weighted by Crippen LogP contribution is 2.20. The van der Waals surface area contributed by atoms with Crippen molar-refractivity contribution in [3.63, 3.8) is 0 Å². The number of hydrogen-bond donors (Lipinski definition) is 1. The highest BCUT2D eigenvalue weighted by Gasteiger charge is 2.15. The lowest BCUT2D eigenvalue weighted by Gasteiger charge is -2.08.